The average Bonchev–Trinajstić information content (AvgIpc) is 2.28. The van der Waals surface area contributed by atoms with Gasteiger partial charge in [-0.05, 0) is 30.2 Å². The smallest absolute Gasteiger partial charge is 0.0488 e. The number of rotatable bonds is 2. The SMILES string of the molecule is Cc1cncc(-c2ccc(CN)cc2Cl)c1. The molecule has 0 aliphatic carbocycles. The molecular weight excluding hydrogens is 220 g/mol. The molecule has 0 atom stereocenters. The third-order valence-electron chi connectivity index (χ3n) is 2.46. The summed E-state index contributed by atoms with van der Waals surface area (Å²) in [7, 11) is 0. The van der Waals surface area contributed by atoms with Gasteiger partial charge in [0.2, 0.25) is 0 Å². The number of nitrogens with two attached hydrogens (primary N) is 1. The van der Waals surface area contributed by atoms with E-state index in [1.165, 1.54) is 0 Å². The van der Waals surface area contributed by atoms with E-state index in [0.29, 0.717) is 6.54 Å². The summed E-state index contributed by atoms with van der Waals surface area (Å²) >= 11 is 6.21. The van der Waals surface area contributed by atoms with Crippen LogP contribution in [0.4, 0.5) is 0 Å². The minimum absolute atomic E-state index is 0.506. The van der Waals surface area contributed by atoms with E-state index in [0.717, 1.165) is 27.3 Å². The van der Waals surface area contributed by atoms with E-state index in [2.05, 4.69) is 11.1 Å². The lowest BCUT2D eigenvalue weighted by molar-refractivity contribution is 1.07. The van der Waals surface area contributed by atoms with Gasteiger partial charge in [-0.3, -0.25) is 4.98 Å². The Kier molecular flexibility index (Phi) is 3.22. The van der Waals surface area contributed by atoms with Crippen LogP contribution in [0, 0.1) is 6.92 Å². The lowest BCUT2D eigenvalue weighted by Gasteiger charge is -2.06. The van der Waals surface area contributed by atoms with Crippen molar-refractivity contribution in [1.29, 1.82) is 0 Å². The summed E-state index contributed by atoms with van der Waals surface area (Å²) in [4.78, 5) is 4.16. The van der Waals surface area contributed by atoms with E-state index >= 15 is 0 Å². The molecule has 2 aromatic rings. The van der Waals surface area contributed by atoms with Crippen LogP contribution in [0.15, 0.2) is 36.7 Å². The van der Waals surface area contributed by atoms with Crippen molar-refractivity contribution in [3.05, 3.63) is 52.8 Å². The third-order valence-corrected chi connectivity index (χ3v) is 2.77. The lowest BCUT2D eigenvalue weighted by Crippen LogP contribution is -1.96. The molecule has 1 aromatic heterocycles. The maximum atomic E-state index is 6.21. The number of aromatic nitrogens is 1. The highest BCUT2D eigenvalue weighted by Gasteiger charge is 2.04. The van der Waals surface area contributed by atoms with Crippen molar-refractivity contribution in [2.24, 2.45) is 5.73 Å². The number of hydrogen-bond donors (Lipinski definition) is 1. The minimum Gasteiger partial charge on any atom is -0.326 e. The molecule has 2 N–H and O–H groups in total. The Labute approximate surface area is 100 Å². The molecule has 1 heterocycles. The van der Waals surface area contributed by atoms with Gasteiger partial charge in [-0.2, -0.15) is 0 Å². The molecule has 0 spiro atoms. The van der Waals surface area contributed by atoms with Gasteiger partial charge in [0.05, 0.1) is 0 Å². The molecule has 2 rings (SSSR count). The van der Waals surface area contributed by atoms with Gasteiger partial charge >= 0.3 is 0 Å². The Hall–Kier alpha value is -1.38. The molecule has 0 aliphatic rings. The zero-order valence-electron chi connectivity index (χ0n) is 9.07. The van der Waals surface area contributed by atoms with E-state index in [4.69, 9.17) is 17.3 Å². The number of halogens is 1. The molecule has 0 saturated carbocycles. The van der Waals surface area contributed by atoms with E-state index < -0.39 is 0 Å². The Morgan fingerprint density at radius 1 is 1.25 bits per heavy atom. The van der Waals surface area contributed by atoms with Gasteiger partial charge in [0.25, 0.3) is 0 Å². The molecule has 0 saturated heterocycles. The van der Waals surface area contributed by atoms with Crippen molar-refractivity contribution in [3.63, 3.8) is 0 Å². The molecule has 82 valence electrons. The number of hydrogen-bond acceptors (Lipinski definition) is 2. The second-order valence-corrected chi connectivity index (χ2v) is 4.18. The molecule has 0 aliphatic heterocycles. The second-order valence-electron chi connectivity index (χ2n) is 3.77. The molecule has 0 fully saturated rings. The van der Waals surface area contributed by atoms with Crippen LogP contribution in [-0.2, 0) is 6.54 Å². The molecule has 0 unspecified atom stereocenters. The van der Waals surface area contributed by atoms with E-state index in [1.54, 1.807) is 0 Å². The van der Waals surface area contributed by atoms with E-state index in [-0.39, 0.29) is 0 Å². The summed E-state index contributed by atoms with van der Waals surface area (Å²) in [5, 5.41) is 0.718. The van der Waals surface area contributed by atoms with Gasteiger partial charge in [-0.15, -0.1) is 0 Å². The zero-order chi connectivity index (χ0) is 11.5. The number of pyridine rings is 1. The first-order chi connectivity index (χ1) is 7.70. The Bertz CT molecular complexity index is 509. The molecule has 3 heteroatoms. The monoisotopic (exact) mass is 232 g/mol. The highest BCUT2D eigenvalue weighted by atomic mass is 35.5. The van der Waals surface area contributed by atoms with E-state index in [9.17, 15) is 0 Å². The fraction of sp³-hybridized carbons (Fsp3) is 0.154. The fourth-order valence-corrected chi connectivity index (χ4v) is 1.93. The molecule has 0 amide bonds. The van der Waals surface area contributed by atoms with Gasteiger partial charge in [-0.25, -0.2) is 0 Å². The normalized spacial score (nSPS) is 10.4. The highest BCUT2D eigenvalue weighted by molar-refractivity contribution is 6.33. The summed E-state index contributed by atoms with van der Waals surface area (Å²) < 4.78 is 0. The van der Waals surface area contributed by atoms with Gasteiger partial charge in [0.15, 0.2) is 0 Å². The van der Waals surface area contributed by atoms with Crippen LogP contribution in [0.25, 0.3) is 11.1 Å². The van der Waals surface area contributed by atoms with Gasteiger partial charge < -0.3 is 5.73 Å². The molecule has 0 bridgehead atoms. The first-order valence-corrected chi connectivity index (χ1v) is 5.49. The summed E-state index contributed by atoms with van der Waals surface area (Å²) in [6.45, 7) is 2.52. The standard InChI is InChI=1S/C13H13ClN2/c1-9-4-11(8-16-7-9)12-3-2-10(6-15)5-13(12)14/h2-5,7-8H,6,15H2,1H3. The van der Waals surface area contributed by atoms with Crippen molar-refractivity contribution in [2.45, 2.75) is 13.5 Å². The predicted octanol–water partition coefficient (Wildman–Crippen LogP) is 3.17. The van der Waals surface area contributed by atoms with Gasteiger partial charge in [-0.1, -0.05) is 23.7 Å². The number of benzene rings is 1. The Morgan fingerprint density at radius 3 is 2.69 bits per heavy atom. The van der Waals surface area contributed by atoms with Crippen LogP contribution in [0.3, 0.4) is 0 Å². The maximum absolute atomic E-state index is 6.21. The van der Waals surface area contributed by atoms with Crippen molar-refractivity contribution >= 4 is 11.6 Å². The topological polar surface area (TPSA) is 38.9 Å². The van der Waals surface area contributed by atoms with Crippen LogP contribution in [-0.4, -0.2) is 4.98 Å². The third kappa shape index (κ3) is 2.23. The summed E-state index contributed by atoms with van der Waals surface area (Å²) in [6.07, 6.45) is 3.64. The van der Waals surface area contributed by atoms with Crippen LogP contribution in [0.5, 0.6) is 0 Å². The first kappa shape index (κ1) is 11.1. The number of nitrogens with zero attached hydrogens (tertiary/aromatic N) is 1. The van der Waals surface area contributed by atoms with Crippen LogP contribution < -0.4 is 5.73 Å². The summed E-state index contributed by atoms with van der Waals surface area (Å²) in [5.41, 5.74) is 9.75. The second kappa shape index (κ2) is 4.64. The maximum Gasteiger partial charge on any atom is 0.0488 e. The first-order valence-electron chi connectivity index (χ1n) is 5.11. The predicted molar refractivity (Wildman–Crippen MR) is 67.3 cm³/mol. The molecule has 16 heavy (non-hydrogen) atoms. The summed E-state index contributed by atoms with van der Waals surface area (Å²) in [5.74, 6) is 0. The molecule has 1 aromatic carbocycles. The van der Waals surface area contributed by atoms with Crippen molar-refractivity contribution in [2.75, 3.05) is 0 Å². The van der Waals surface area contributed by atoms with Crippen molar-refractivity contribution in [3.8, 4) is 11.1 Å². The largest absolute Gasteiger partial charge is 0.326 e. The average molecular weight is 233 g/mol. The number of aryl methyl sites for hydroxylation is 1. The van der Waals surface area contributed by atoms with Crippen molar-refractivity contribution in [1.82, 2.24) is 4.98 Å². The molecule has 2 nitrogen and oxygen atoms in total. The lowest BCUT2D eigenvalue weighted by atomic mass is 10.0. The Morgan fingerprint density at radius 2 is 2.06 bits per heavy atom. The quantitative estimate of drug-likeness (QED) is 0.864. The molecule has 0 radical (unpaired) electrons. The van der Waals surface area contributed by atoms with Crippen LogP contribution in [0.1, 0.15) is 11.1 Å². The fourth-order valence-electron chi connectivity index (χ4n) is 1.62. The van der Waals surface area contributed by atoms with Crippen molar-refractivity contribution < 1.29 is 0 Å². The van der Waals surface area contributed by atoms with Crippen LogP contribution in [0.2, 0.25) is 5.02 Å². The summed E-state index contributed by atoms with van der Waals surface area (Å²) in [6, 6.07) is 7.94. The van der Waals surface area contributed by atoms with Crippen LogP contribution >= 0.6 is 11.6 Å². The van der Waals surface area contributed by atoms with Gasteiger partial charge in [0.1, 0.15) is 0 Å². The Balaban J connectivity index is 2.48. The highest BCUT2D eigenvalue weighted by Crippen LogP contribution is 2.28. The zero-order valence-corrected chi connectivity index (χ0v) is 9.83. The van der Waals surface area contributed by atoms with E-state index in [1.807, 2.05) is 37.5 Å². The minimum atomic E-state index is 0.506. The molecular formula is C13H13ClN2. The van der Waals surface area contributed by atoms with Gasteiger partial charge in [0, 0.05) is 35.1 Å².